The summed E-state index contributed by atoms with van der Waals surface area (Å²) in [6, 6.07) is 9.76. The molecular formula is C14H20N2O2. The number of carbonyl (C=O) groups is 1. The van der Waals surface area contributed by atoms with Crippen LogP contribution in [0, 0.1) is 5.92 Å². The molecule has 1 heterocycles. The first kappa shape index (κ1) is 13.1. The minimum Gasteiger partial charge on any atom is -0.367 e. The second kappa shape index (κ2) is 5.98. The van der Waals surface area contributed by atoms with Crippen LogP contribution in [-0.4, -0.2) is 32.1 Å². The van der Waals surface area contributed by atoms with E-state index in [4.69, 9.17) is 4.74 Å². The fraction of sp³-hybridized carbons (Fsp3) is 0.500. The number of hydrogen-bond acceptors (Lipinski definition) is 3. The van der Waals surface area contributed by atoms with Crippen LogP contribution >= 0.6 is 0 Å². The van der Waals surface area contributed by atoms with Gasteiger partial charge in [-0.1, -0.05) is 37.3 Å². The van der Waals surface area contributed by atoms with Crippen LogP contribution in [0.3, 0.4) is 0 Å². The summed E-state index contributed by atoms with van der Waals surface area (Å²) in [4.78, 5) is 12.2. The topological polar surface area (TPSA) is 50.4 Å². The van der Waals surface area contributed by atoms with Gasteiger partial charge < -0.3 is 15.4 Å². The monoisotopic (exact) mass is 248 g/mol. The Labute approximate surface area is 108 Å². The standard InChI is InChI=1S/C14H20N2O2/c1-10-8-15-9-12(10)16-14(17)13(18-2)11-6-4-3-5-7-11/h3-7,10,12-13,15H,8-9H2,1-2H3,(H,16,17). The van der Waals surface area contributed by atoms with Gasteiger partial charge in [-0.3, -0.25) is 4.79 Å². The predicted molar refractivity (Wildman–Crippen MR) is 70.2 cm³/mol. The molecule has 18 heavy (non-hydrogen) atoms. The summed E-state index contributed by atoms with van der Waals surface area (Å²) < 4.78 is 5.31. The van der Waals surface area contributed by atoms with E-state index in [1.165, 1.54) is 0 Å². The fourth-order valence-corrected chi connectivity index (χ4v) is 2.28. The van der Waals surface area contributed by atoms with E-state index in [2.05, 4.69) is 17.6 Å². The van der Waals surface area contributed by atoms with E-state index in [1.54, 1.807) is 7.11 Å². The normalized spacial score (nSPS) is 24.8. The zero-order valence-corrected chi connectivity index (χ0v) is 10.8. The number of rotatable bonds is 4. The summed E-state index contributed by atoms with van der Waals surface area (Å²) in [7, 11) is 1.56. The molecule has 1 aromatic rings. The maximum absolute atomic E-state index is 12.2. The number of carbonyl (C=O) groups excluding carboxylic acids is 1. The first-order valence-corrected chi connectivity index (χ1v) is 6.31. The Kier molecular flexibility index (Phi) is 4.33. The molecule has 0 aliphatic carbocycles. The molecule has 0 aromatic heterocycles. The second-order valence-corrected chi connectivity index (χ2v) is 4.78. The maximum atomic E-state index is 12.2. The Hall–Kier alpha value is -1.39. The molecule has 98 valence electrons. The summed E-state index contributed by atoms with van der Waals surface area (Å²) in [5.74, 6) is 0.395. The van der Waals surface area contributed by atoms with Crippen molar-refractivity contribution in [1.29, 1.82) is 0 Å². The summed E-state index contributed by atoms with van der Waals surface area (Å²) in [5, 5.41) is 6.32. The number of methoxy groups -OCH3 is 1. The SMILES string of the molecule is COC(C(=O)NC1CNCC1C)c1ccccc1. The quantitative estimate of drug-likeness (QED) is 0.839. The van der Waals surface area contributed by atoms with Crippen molar-refractivity contribution in [3.8, 4) is 0 Å². The summed E-state index contributed by atoms with van der Waals surface area (Å²) in [6.07, 6.45) is -0.529. The zero-order valence-electron chi connectivity index (χ0n) is 10.8. The van der Waals surface area contributed by atoms with Crippen LogP contribution in [0.25, 0.3) is 0 Å². The van der Waals surface area contributed by atoms with Crippen molar-refractivity contribution in [1.82, 2.24) is 10.6 Å². The van der Waals surface area contributed by atoms with Gasteiger partial charge in [-0.15, -0.1) is 0 Å². The highest BCUT2D eigenvalue weighted by molar-refractivity contribution is 5.82. The molecule has 2 N–H and O–H groups in total. The maximum Gasteiger partial charge on any atom is 0.254 e. The van der Waals surface area contributed by atoms with Crippen molar-refractivity contribution in [2.75, 3.05) is 20.2 Å². The van der Waals surface area contributed by atoms with E-state index in [0.717, 1.165) is 18.7 Å². The fourth-order valence-electron chi connectivity index (χ4n) is 2.28. The van der Waals surface area contributed by atoms with E-state index in [0.29, 0.717) is 5.92 Å². The highest BCUT2D eigenvalue weighted by atomic mass is 16.5. The molecule has 1 aliphatic heterocycles. The van der Waals surface area contributed by atoms with E-state index in [-0.39, 0.29) is 11.9 Å². The summed E-state index contributed by atoms with van der Waals surface area (Å²) >= 11 is 0. The van der Waals surface area contributed by atoms with E-state index >= 15 is 0 Å². The van der Waals surface area contributed by atoms with E-state index in [9.17, 15) is 4.79 Å². The lowest BCUT2D eigenvalue weighted by atomic mass is 10.0. The van der Waals surface area contributed by atoms with E-state index < -0.39 is 6.10 Å². The summed E-state index contributed by atoms with van der Waals surface area (Å²) in [6.45, 7) is 3.92. The van der Waals surface area contributed by atoms with Gasteiger partial charge >= 0.3 is 0 Å². The lowest BCUT2D eigenvalue weighted by Crippen LogP contribution is -2.42. The van der Waals surface area contributed by atoms with Gasteiger partial charge in [0.2, 0.25) is 0 Å². The zero-order chi connectivity index (χ0) is 13.0. The molecule has 1 aliphatic rings. The van der Waals surface area contributed by atoms with Gasteiger partial charge in [-0.2, -0.15) is 0 Å². The highest BCUT2D eigenvalue weighted by Crippen LogP contribution is 2.17. The van der Waals surface area contributed by atoms with Crippen LogP contribution in [0.1, 0.15) is 18.6 Å². The van der Waals surface area contributed by atoms with Crippen LogP contribution in [0.2, 0.25) is 0 Å². The molecule has 1 saturated heterocycles. The molecule has 3 unspecified atom stereocenters. The van der Waals surface area contributed by atoms with Crippen LogP contribution in [-0.2, 0) is 9.53 Å². The summed E-state index contributed by atoms with van der Waals surface area (Å²) in [5.41, 5.74) is 0.885. The molecule has 0 radical (unpaired) electrons. The van der Waals surface area contributed by atoms with Gasteiger partial charge in [-0.05, 0) is 18.0 Å². The van der Waals surface area contributed by atoms with Gasteiger partial charge in [0.05, 0.1) is 0 Å². The Morgan fingerprint density at radius 1 is 1.39 bits per heavy atom. The van der Waals surface area contributed by atoms with Crippen LogP contribution in [0.5, 0.6) is 0 Å². The van der Waals surface area contributed by atoms with Crippen molar-refractivity contribution in [3.63, 3.8) is 0 Å². The molecule has 1 aromatic carbocycles. The minimum absolute atomic E-state index is 0.0655. The van der Waals surface area contributed by atoms with Gasteiger partial charge in [-0.25, -0.2) is 0 Å². The number of hydrogen-bond donors (Lipinski definition) is 2. The number of amides is 1. The molecule has 4 nitrogen and oxygen atoms in total. The number of nitrogens with one attached hydrogen (secondary N) is 2. The molecular weight excluding hydrogens is 228 g/mol. The molecule has 0 saturated carbocycles. The average Bonchev–Trinajstić information content (AvgIpc) is 2.77. The third-order valence-electron chi connectivity index (χ3n) is 3.42. The van der Waals surface area contributed by atoms with Crippen LogP contribution < -0.4 is 10.6 Å². The second-order valence-electron chi connectivity index (χ2n) is 4.78. The highest BCUT2D eigenvalue weighted by Gasteiger charge is 2.28. The number of benzene rings is 1. The van der Waals surface area contributed by atoms with Crippen molar-refractivity contribution in [2.24, 2.45) is 5.92 Å². The smallest absolute Gasteiger partial charge is 0.254 e. The van der Waals surface area contributed by atoms with Crippen LogP contribution in [0.15, 0.2) is 30.3 Å². The van der Waals surface area contributed by atoms with Crippen molar-refractivity contribution in [3.05, 3.63) is 35.9 Å². The van der Waals surface area contributed by atoms with Crippen molar-refractivity contribution >= 4 is 5.91 Å². The van der Waals surface area contributed by atoms with Gasteiger partial charge in [0.15, 0.2) is 6.10 Å². The molecule has 0 bridgehead atoms. The van der Waals surface area contributed by atoms with E-state index in [1.807, 2.05) is 30.3 Å². The molecule has 1 amide bonds. The Bertz CT molecular complexity index is 394. The average molecular weight is 248 g/mol. The lowest BCUT2D eigenvalue weighted by Gasteiger charge is -2.21. The first-order chi connectivity index (χ1) is 8.72. The molecule has 3 atom stereocenters. The number of ether oxygens (including phenoxy) is 1. The van der Waals surface area contributed by atoms with Gasteiger partial charge in [0.25, 0.3) is 5.91 Å². The first-order valence-electron chi connectivity index (χ1n) is 6.31. The molecule has 4 heteroatoms. The predicted octanol–water partition coefficient (Wildman–Crippen LogP) is 1.10. The van der Waals surface area contributed by atoms with Crippen LogP contribution in [0.4, 0.5) is 0 Å². The Balaban J connectivity index is 2.02. The molecule has 0 spiro atoms. The minimum atomic E-state index is -0.529. The Morgan fingerprint density at radius 3 is 2.67 bits per heavy atom. The van der Waals surface area contributed by atoms with Gasteiger partial charge in [0.1, 0.15) is 0 Å². The lowest BCUT2D eigenvalue weighted by molar-refractivity contribution is -0.132. The third-order valence-corrected chi connectivity index (χ3v) is 3.42. The third kappa shape index (κ3) is 2.89. The van der Waals surface area contributed by atoms with Crippen molar-refractivity contribution in [2.45, 2.75) is 19.1 Å². The Morgan fingerprint density at radius 2 is 2.11 bits per heavy atom. The molecule has 2 rings (SSSR count). The van der Waals surface area contributed by atoms with Gasteiger partial charge in [0, 0.05) is 19.7 Å². The largest absolute Gasteiger partial charge is 0.367 e. The van der Waals surface area contributed by atoms with Crippen molar-refractivity contribution < 1.29 is 9.53 Å². The molecule has 1 fully saturated rings.